The largest absolute Gasteiger partial charge is 0.503 e. The number of aromatic nitrogens is 2. The molecule has 1 aliphatic carbocycles. The van der Waals surface area contributed by atoms with Crippen molar-refractivity contribution in [2.45, 2.75) is 23.1 Å². The topological polar surface area (TPSA) is 145 Å². The van der Waals surface area contributed by atoms with Crippen LogP contribution in [0.2, 0.25) is 0 Å². The molecule has 1 fully saturated rings. The first-order valence-corrected chi connectivity index (χ1v) is 11.1. The Morgan fingerprint density at radius 3 is 2.50 bits per heavy atom. The fraction of sp³-hybridized carbons (Fsp3) is 0.211. The highest BCUT2D eigenvalue weighted by Crippen LogP contribution is 2.48. The van der Waals surface area contributed by atoms with E-state index in [1.165, 1.54) is 10.9 Å². The van der Waals surface area contributed by atoms with Crippen molar-refractivity contribution in [2.75, 3.05) is 0 Å². The molecule has 0 aliphatic heterocycles. The van der Waals surface area contributed by atoms with Crippen LogP contribution in [0.5, 0.6) is 0 Å². The monoisotopic (exact) mass is 446 g/mol. The van der Waals surface area contributed by atoms with E-state index in [0.717, 1.165) is 16.9 Å². The fourth-order valence-corrected chi connectivity index (χ4v) is 5.74. The fourth-order valence-electron chi connectivity index (χ4n) is 3.15. The van der Waals surface area contributed by atoms with Gasteiger partial charge >= 0.3 is 6.16 Å². The molecule has 0 bridgehead atoms. The minimum atomic E-state index is -3.59. The SMILES string of the molecule is C[C@H]1[C@H](NS(=O)(=O)c2ccc(-n3cc(C#N)cn3)s2)[C@H]1c1ccccc1.O=C(O)O. The van der Waals surface area contributed by atoms with E-state index in [4.69, 9.17) is 20.3 Å². The number of thiophene rings is 1. The van der Waals surface area contributed by atoms with Crippen LogP contribution >= 0.6 is 11.3 Å². The number of carboxylic acid groups (broad SMARTS) is 2. The van der Waals surface area contributed by atoms with Gasteiger partial charge in [0.05, 0.1) is 11.8 Å². The van der Waals surface area contributed by atoms with Crippen molar-refractivity contribution in [3.63, 3.8) is 0 Å². The zero-order chi connectivity index (χ0) is 21.9. The van der Waals surface area contributed by atoms with Crippen LogP contribution in [0.1, 0.15) is 24.0 Å². The predicted molar refractivity (Wildman–Crippen MR) is 109 cm³/mol. The molecule has 0 spiro atoms. The second-order valence-corrected chi connectivity index (χ2v) is 9.61. The van der Waals surface area contributed by atoms with Gasteiger partial charge in [0.2, 0.25) is 10.0 Å². The summed E-state index contributed by atoms with van der Waals surface area (Å²) >= 11 is 1.13. The molecule has 1 aliphatic rings. The molecule has 2 heterocycles. The number of carbonyl (C=O) groups is 1. The molecule has 3 aromatic rings. The number of nitrogens with one attached hydrogen (secondary N) is 1. The average Bonchev–Trinajstić information content (AvgIpc) is 3.14. The molecule has 9 nitrogen and oxygen atoms in total. The Bertz CT molecular complexity index is 1180. The van der Waals surface area contributed by atoms with Gasteiger partial charge in [0, 0.05) is 18.2 Å². The highest BCUT2D eigenvalue weighted by atomic mass is 32.2. The Kier molecular flexibility index (Phi) is 6.21. The summed E-state index contributed by atoms with van der Waals surface area (Å²) < 4.78 is 30.0. The summed E-state index contributed by atoms with van der Waals surface area (Å²) in [4.78, 5) is 8.56. The molecular formula is C19H18N4O5S2. The summed E-state index contributed by atoms with van der Waals surface area (Å²) in [5.41, 5.74) is 1.58. The Balaban J connectivity index is 0.000000589. The summed E-state index contributed by atoms with van der Waals surface area (Å²) in [5.74, 6) is 0.464. The lowest BCUT2D eigenvalue weighted by Crippen LogP contribution is -2.27. The number of nitriles is 1. The molecule has 1 aromatic carbocycles. The van der Waals surface area contributed by atoms with Gasteiger partial charge in [0.15, 0.2) is 0 Å². The maximum Gasteiger partial charge on any atom is 0.503 e. The molecule has 0 radical (unpaired) electrons. The van der Waals surface area contributed by atoms with E-state index in [2.05, 4.69) is 16.7 Å². The molecule has 3 atom stereocenters. The van der Waals surface area contributed by atoms with E-state index in [9.17, 15) is 8.42 Å². The zero-order valence-corrected chi connectivity index (χ0v) is 17.3. The Labute approximate surface area is 176 Å². The van der Waals surface area contributed by atoms with Crippen LogP contribution in [0.4, 0.5) is 4.79 Å². The summed E-state index contributed by atoms with van der Waals surface area (Å²) in [6, 6.07) is 15.1. The van der Waals surface area contributed by atoms with Gasteiger partial charge in [0.25, 0.3) is 0 Å². The van der Waals surface area contributed by atoms with Gasteiger partial charge < -0.3 is 10.2 Å². The van der Waals surface area contributed by atoms with E-state index in [-0.39, 0.29) is 22.1 Å². The van der Waals surface area contributed by atoms with E-state index < -0.39 is 16.2 Å². The molecular weight excluding hydrogens is 428 g/mol. The summed E-state index contributed by atoms with van der Waals surface area (Å²) in [6.07, 6.45) is 1.19. The minimum Gasteiger partial charge on any atom is -0.450 e. The molecule has 0 saturated heterocycles. The van der Waals surface area contributed by atoms with Crippen LogP contribution in [0.25, 0.3) is 5.00 Å². The number of rotatable bonds is 5. The smallest absolute Gasteiger partial charge is 0.450 e. The van der Waals surface area contributed by atoms with Crippen LogP contribution < -0.4 is 4.72 Å². The minimum absolute atomic E-state index is 0.0946. The van der Waals surface area contributed by atoms with E-state index in [1.807, 2.05) is 36.4 Å². The maximum atomic E-state index is 12.7. The van der Waals surface area contributed by atoms with Crippen molar-refractivity contribution < 1.29 is 23.4 Å². The summed E-state index contributed by atoms with van der Waals surface area (Å²) in [5, 5.41) is 27.5. The standard InChI is InChI=1S/C18H16N4O2S2.CH2O3/c1-12-17(14-5-3-2-4-6-14)18(12)21-26(23,24)16-8-7-15(25-16)22-11-13(9-19)10-20-22;2-1(3)4/h2-8,10-12,17-18,21H,1H3;(H2,2,3,4)/t12-,17-,18+;/m1./s1. The van der Waals surface area contributed by atoms with Crippen molar-refractivity contribution in [3.8, 4) is 11.1 Å². The third kappa shape index (κ3) is 4.85. The van der Waals surface area contributed by atoms with E-state index in [1.54, 1.807) is 18.3 Å². The van der Waals surface area contributed by atoms with Gasteiger partial charge in [-0.05, 0) is 23.6 Å². The Hall–Kier alpha value is -3.20. The molecule has 2 aromatic heterocycles. The first kappa shape index (κ1) is 21.5. The van der Waals surface area contributed by atoms with Crippen LogP contribution in [0, 0.1) is 17.2 Å². The van der Waals surface area contributed by atoms with Gasteiger partial charge in [-0.15, -0.1) is 11.3 Å². The average molecular weight is 447 g/mol. The van der Waals surface area contributed by atoms with Crippen LogP contribution in [-0.4, -0.2) is 40.6 Å². The van der Waals surface area contributed by atoms with Crippen molar-refractivity contribution in [3.05, 3.63) is 66.0 Å². The lowest BCUT2D eigenvalue weighted by molar-refractivity contribution is 0.137. The first-order chi connectivity index (χ1) is 14.2. The van der Waals surface area contributed by atoms with Gasteiger partial charge in [-0.2, -0.15) is 10.4 Å². The van der Waals surface area contributed by atoms with Gasteiger partial charge in [0.1, 0.15) is 15.3 Å². The molecule has 156 valence electrons. The third-order valence-electron chi connectivity index (χ3n) is 4.62. The van der Waals surface area contributed by atoms with E-state index >= 15 is 0 Å². The predicted octanol–water partition coefficient (Wildman–Crippen LogP) is 3.11. The number of benzene rings is 1. The Morgan fingerprint density at radius 1 is 1.23 bits per heavy atom. The first-order valence-electron chi connectivity index (χ1n) is 8.77. The normalized spacial score (nSPS) is 19.9. The number of sulfonamides is 1. The second-order valence-electron chi connectivity index (χ2n) is 6.60. The number of nitrogens with zero attached hydrogens (tertiary/aromatic N) is 3. The lowest BCUT2D eigenvalue weighted by atomic mass is 10.1. The molecule has 4 rings (SSSR count). The lowest BCUT2D eigenvalue weighted by Gasteiger charge is -2.04. The highest BCUT2D eigenvalue weighted by molar-refractivity contribution is 7.91. The van der Waals surface area contributed by atoms with Crippen LogP contribution in [0.3, 0.4) is 0 Å². The van der Waals surface area contributed by atoms with Gasteiger partial charge in [-0.25, -0.2) is 22.6 Å². The van der Waals surface area contributed by atoms with Crippen molar-refractivity contribution in [1.82, 2.24) is 14.5 Å². The Morgan fingerprint density at radius 2 is 1.90 bits per heavy atom. The second kappa shape index (κ2) is 8.66. The van der Waals surface area contributed by atoms with Crippen LogP contribution in [-0.2, 0) is 10.0 Å². The molecule has 0 amide bonds. The summed E-state index contributed by atoms with van der Waals surface area (Å²) in [7, 11) is -3.59. The zero-order valence-electron chi connectivity index (χ0n) is 15.7. The van der Waals surface area contributed by atoms with Crippen molar-refractivity contribution >= 4 is 27.5 Å². The maximum absolute atomic E-state index is 12.7. The summed E-state index contributed by atoms with van der Waals surface area (Å²) in [6.45, 7) is 2.05. The van der Waals surface area contributed by atoms with Crippen molar-refractivity contribution in [1.29, 1.82) is 5.26 Å². The molecule has 30 heavy (non-hydrogen) atoms. The quantitative estimate of drug-likeness (QED) is 0.546. The number of hydrogen-bond acceptors (Lipinski definition) is 6. The molecule has 3 N–H and O–H groups in total. The molecule has 11 heteroatoms. The number of hydrogen-bond donors (Lipinski definition) is 3. The van der Waals surface area contributed by atoms with Crippen LogP contribution in [0.15, 0.2) is 59.1 Å². The molecule has 1 saturated carbocycles. The van der Waals surface area contributed by atoms with Gasteiger partial charge in [-0.1, -0.05) is 37.3 Å². The highest BCUT2D eigenvalue weighted by Gasteiger charge is 2.49. The van der Waals surface area contributed by atoms with Crippen molar-refractivity contribution in [2.24, 2.45) is 5.92 Å². The molecule has 0 unspecified atom stereocenters. The third-order valence-corrected chi connectivity index (χ3v) is 7.65. The van der Waals surface area contributed by atoms with E-state index in [0.29, 0.717) is 10.6 Å². The van der Waals surface area contributed by atoms with Gasteiger partial charge in [-0.3, -0.25) is 0 Å².